The van der Waals surface area contributed by atoms with Crippen LogP contribution < -0.4 is 19.5 Å². The fourth-order valence-electron chi connectivity index (χ4n) is 4.99. The van der Waals surface area contributed by atoms with Crippen molar-refractivity contribution in [2.24, 2.45) is 0 Å². The Morgan fingerprint density at radius 3 is 2.62 bits per heavy atom. The number of likely N-dealkylation sites (tertiary alicyclic amines) is 1. The zero-order valence-electron chi connectivity index (χ0n) is 22.8. The summed E-state index contributed by atoms with van der Waals surface area (Å²) in [5.74, 6) is 2.42. The number of carbonyl (C=O) groups excluding carboxylic acids is 1. The molecule has 0 saturated carbocycles. The summed E-state index contributed by atoms with van der Waals surface area (Å²) in [5, 5.41) is 9.00. The van der Waals surface area contributed by atoms with Crippen molar-refractivity contribution in [2.75, 3.05) is 39.7 Å². The van der Waals surface area contributed by atoms with Crippen LogP contribution in [0.3, 0.4) is 0 Å². The first kappa shape index (κ1) is 26.5. The van der Waals surface area contributed by atoms with Gasteiger partial charge in [-0.2, -0.15) is 4.52 Å². The number of amides is 1. The van der Waals surface area contributed by atoms with Crippen LogP contribution in [0.15, 0.2) is 36.4 Å². The van der Waals surface area contributed by atoms with E-state index < -0.39 is 11.6 Å². The number of rotatable bonds is 8. The molecule has 5 rings (SSSR count). The number of para-hydroxylation sites is 1. The van der Waals surface area contributed by atoms with Gasteiger partial charge in [-0.05, 0) is 51.0 Å². The predicted molar refractivity (Wildman–Crippen MR) is 145 cm³/mol. The number of hydrogen-bond acceptors (Lipinski definition) is 8. The van der Waals surface area contributed by atoms with Crippen molar-refractivity contribution in [3.8, 4) is 17.2 Å². The second-order valence-corrected chi connectivity index (χ2v) is 10.1. The van der Waals surface area contributed by atoms with E-state index in [4.69, 9.17) is 29.3 Å². The highest BCUT2D eigenvalue weighted by Gasteiger charge is 2.36. The summed E-state index contributed by atoms with van der Waals surface area (Å²) in [6, 6.07) is 11.3. The van der Waals surface area contributed by atoms with E-state index in [1.807, 2.05) is 36.4 Å². The summed E-state index contributed by atoms with van der Waals surface area (Å²) in [4.78, 5) is 24.0. The van der Waals surface area contributed by atoms with Crippen LogP contribution >= 0.6 is 0 Å². The van der Waals surface area contributed by atoms with Gasteiger partial charge in [-0.1, -0.05) is 6.07 Å². The monoisotopic (exact) mass is 536 g/mol. The summed E-state index contributed by atoms with van der Waals surface area (Å²) in [6.45, 7) is 3.88. The van der Waals surface area contributed by atoms with E-state index in [0.717, 1.165) is 23.8 Å². The Morgan fingerprint density at radius 2 is 1.90 bits per heavy atom. The van der Waals surface area contributed by atoms with E-state index in [2.05, 4.69) is 5.32 Å². The van der Waals surface area contributed by atoms with Crippen LogP contribution in [0.4, 0.5) is 10.3 Å². The molecular weight excluding hydrogens is 503 g/mol. The molecule has 1 fully saturated rings. The third kappa shape index (κ3) is 5.13. The molecule has 1 N–H and O–H groups in total. The molecule has 0 bridgehead atoms. The second-order valence-electron chi connectivity index (χ2n) is 10.1. The topological polar surface area (TPSA) is 103 Å². The molecule has 1 aliphatic heterocycles. The maximum atomic E-state index is 14.4. The van der Waals surface area contributed by atoms with Crippen LogP contribution in [0, 0.1) is 0 Å². The SMILES string of the molecule is COc1ccc(CNc2nc3c(OC)cccc3c3nc(C4CCCN(C(=O)C(C)(C)F)C4)nn23)c(OC)c1. The molecule has 0 spiro atoms. The first-order valence-electron chi connectivity index (χ1n) is 12.9. The first-order valence-corrected chi connectivity index (χ1v) is 12.9. The molecule has 1 aliphatic rings. The Labute approximate surface area is 226 Å². The zero-order valence-corrected chi connectivity index (χ0v) is 22.8. The Kier molecular flexibility index (Phi) is 7.16. The Hall–Kier alpha value is -4.15. The highest BCUT2D eigenvalue weighted by atomic mass is 19.1. The van der Waals surface area contributed by atoms with Crippen LogP contribution in [-0.4, -0.2) is 70.5 Å². The van der Waals surface area contributed by atoms with Crippen molar-refractivity contribution in [3.63, 3.8) is 0 Å². The van der Waals surface area contributed by atoms with Crippen molar-refractivity contribution in [1.29, 1.82) is 0 Å². The van der Waals surface area contributed by atoms with Crippen molar-refractivity contribution in [1.82, 2.24) is 24.5 Å². The van der Waals surface area contributed by atoms with Crippen molar-refractivity contribution >= 4 is 28.4 Å². The summed E-state index contributed by atoms with van der Waals surface area (Å²) >= 11 is 0. The third-order valence-corrected chi connectivity index (χ3v) is 7.02. The summed E-state index contributed by atoms with van der Waals surface area (Å²) < 4.78 is 32.6. The van der Waals surface area contributed by atoms with Gasteiger partial charge in [0.15, 0.2) is 17.1 Å². The van der Waals surface area contributed by atoms with E-state index in [0.29, 0.717) is 59.8 Å². The van der Waals surface area contributed by atoms with Gasteiger partial charge in [0.2, 0.25) is 5.95 Å². The maximum Gasteiger partial charge on any atom is 0.259 e. The quantitative estimate of drug-likeness (QED) is 0.354. The average Bonchev–Trinajstić information content (AvgIpc) is 3.41. The first-order chi connectivity index (χ1) is 18.7. The molecule has 1 saturated heterocycles. The number of nitrogens with one attached hydrogen (secondary N) is 1. The minimum atomic E-state index is -1.93. The van der Waals surface area contributed by atoms with Crippen LogP contribution in [0.25, 0.3) is 16.6 Å². The van der Waals surface area contributed by atoms with Crippen LogP contribution in [0.2, 0.25) is 0 Å². The lowest BCUT2D eigenvalue weighted by Gasteiger charge is -2.34. The molecule has 10 nitrogen and oxygen atoms in total. The van der Waals surface area contributed by atoms with Gasteiger partial charge in [-0.25, -0.2) is 14.4 Å². The van der Waals surface area contributed by atoms with Gasteiger partial charge in [0.1, 0.15) is 22.8 Å². The maximum absolute atomic E-state index is 14.4. The van der Waals surface area contributed by atoms with E-state index in [1.54, 1.807) is 30.7 Å². The molecule has 0 radical (unpaired) electrons. The molecule has 11 heteroatoms. The number of carbonyl (C=O) groups is 1. The van der Waals surface area contributed by atoms with E-state index in [1.165, 1.54) is 13.8 Å². The van der Waals surface area contributed by atoms with Crippen molar-refractivity contribution in [2.45, 2.75) is 44.8 Å². The minimum absolute atomic E-state index is 0.125. The fraction of sp³-hybridized carbons (Fsp3) is 0.429. The van der Waals surface area contributed by atoms with Gasteiger partial charge in [0.25, 0.3) is 5.91 Å². The highest BCUT2D eigenvalue weighted by molar-refractivity contribution is 5.96. The molecule has 0 aliphatic carbocycles. The lowest BCUT2D eigenvalue weighted by Crippen LogP contribution is -2.47. The van der Waals surface area contributed by atoms with E-state index >= 15 is 0 Å². The number of methoxy groups -OCH3 is 3. The lowest BCUT2D eigenvalue weighted by atomic mass is 9.96. The average molecular weight is 537 g/mol. The fourth-order valence-corrected chi connectivity index (χ4v) is 4.99. The molecule has 3 heterocycles. The molecule has 1 amide bonds. The molecule has 2 aromatic carbocycles. The summed E-state index contributed by atoms with van der Waals surface area (Å²) in [6.07, 6.45) is 1.55. The van der Waals surface area contributed by atoms with E-state index in [-0.39, 0.29) is 5.92 Å². The van der Waals surface area contributed by atoms with Gasteiger partial charge < -0.3 is 24.4 Å². The van der Waals surface area contributed by atoms with Crippen LogP contribution in [0.1, 0.15) is 44.0 Å². The number of halogens is 1. The zero-order chi connectivity index (χ0) is 27.7. The summed E-state index contributed by atoms with van der Waals surface area (Å²) in [7, 11) is 4.82. The highest BCUT2D eigenvalue weighted by Crippen LogP contribution is 2.32. The third-order valence-electron chi connectivity index (χ3n) is 7.02. The molecular formula is C28H33FN6O4. The number of ether oxygens (including phenoxy) is 3. The number of nitrogens with zero attached hydrogens (tertiary/aromatic N) is 5. The second kappa shape index (κ2) is 10.5. The number of alkyl halides is 1. The van der Waals surface area contributed by atoms with Gasteiger partial charge in [0.05, 0.1) is 21.3 Å². The van der Waals surface area contributed by atoms with Gasteiger partial charge in [-0.15, -0.1) is 5.10 Å². The van der Waals surface area contributed by atoms with Gasteiger partial charge >= 0.3 is 0 Å². The number of hydrogen-bond donors (Lipinski definition) is 1. The Balaban J connectivity index is 1.54. The largest absolute Gasteiger partial charge is 0.497 e. The van der Waals surface area contributed by atoms with Gasteiger partial charge in [0, 0.05) is 42.6 Å². The Morgan fingerprint density at radius 1 is 1.10 bits per heavy atom. The van der Waals surface area contributed by atoms with Crippen LogP contribution in [-0.2, 0) is 11.3 Å². The molecule has 206 valence electrons. The minimum Gasteiger partial charge on any atom is -0.497 e. The van der Waals surface area contributed by atoms with Crippen molar-refractivity contribution < 1.29 is 23.4 Å². The molecule has 39 heavy (non-hydrogen) atoms. The van der Waals surface area contributed by atoms with Crippen LogP contribution in [0.5, 0.6) is 17.2 Å². The smallest absolute Gasteiger partial charge is 0.259 e. The Bertz CT molecular complexity index is 1520. The number of piperidine rings is 1. The molecule has 4 aromatic rings. The summed E-state index contributed by atoms with van der Waals surface area (Å²) in [5.41, 5.74) is 0.247. The molecule has 2 aromatic heterocycles. The number of benzene rings is 2. The van der Waals surface area contributed by atoms with E-state index in [9.17, 15) is 9.18 Å². The normalized spacial score (nSPS) is 15.9. The standard InChI is InChI=1S/C28H33FN6O4/c1-28(2,29)26(36)34-13-7-8-18(16-34)24-32-25-20-9-6-10-21(38-4)23(20)31-27(35(25)33-24)30-15-17-11-12-19(37-3)14-22(17)39-5/h6,9-12,14,18H,7-8,13,15-16H2,1-5H3,(H,30,31). The molecule has 1 unspecified atom stereocenters. The lowest BCUT2D eigenvalue weighted by molar-refractivity contribution is -0.143. The number of fused-ring (bicyclic) bond motifs is 3. The van der Waals surface area contributed by atoms with Gasteiger partial charge in [-0.3, -0.25) is 4.79 Å². The predicted octanol–water partition coefficient (Wildman–Crippen LogP) is 4.37. The number of anilines is 1. The number of aromatic nitrogens is 4. The molecule has 1 atom stereocenters. The van der Waals surface area contributed by atoms with Crippen molar-refractivity contribution in [3.05, 3.63) is 47.8 Å².